The van der Waals surface area contributed by atoms with E-state index in [9.17, 15) is 10.1 Å². The Bertz CT molecular complexity index is 664. The number of anilines is 1. The summed E-state index contributed by atoms with van der Waals surface area (Å²) in [5, 5.41) is 17.9. The van der Waals surface area contributed by atoms with E-state index >= 15 is 0 Å². The van der Waals surface area contributed by atoms with Crippen molar-refractivity contribution >= 4 is 11.7 Å². The van der Waals surface area contributed by atoms with Gasteiger partial charge < -0.3 is 14.5 Å². The predicted octanol–water partition coefficient (Wildman–Crippen LogP) is 1.04. The molecule has 2 saturated heterocycles. The molecule has 128 valence electrons. The zero-order valence-corrected chi connectivity index (χ0v) is 14.3. The van der Waals surface area contributed by atoms with Crippen molar-refractivity contribution in [1.29, 1.82) is 5.26 Å². The van der Waals surface area contributed by atoms with Crippen molar-refractivity contribution in [3.05, 3.63) is 16.8 Å². The molecule has 0 radical (unpaired) electrons. The second-order valence-corrected chi connectivity index (χ2v) is 6.44. The number of nitriles is 1. The van der Waals surface area contributed by atoms with E-state index in [1.165, 1.54) is 0 Å². The van der Waals surface area contributed by atoms with E-state index < -0.39 is 0 Å². The summed E-state index contributed by atoms with van der Waals surface area (Å²) in [7, 11) is 0. The number of hydrogen-bond donors (Lipinski definition) is 0. The lowest BCUT2D eigenvalue weighted by molar-refractivity contribution is -0.139. The van der Waals surface area contributed by atoms with Gasteiger partial charge in [-0.15, -0.1) is 5.10 Å². The van der Waals surface area contributed by atoms with E-state index in [-0.39, 0.29) is 11.8 Å². The van der Waals surface area contributed by atoms with E-state index in [1.807, 2.05) is 23.6 Å². The summed E-state index contributed by atoms with van der Waals surface area (Å²) in [4.78, 5) is 16.7. The standard InChI is InChI=1S/C17H23N5O2/c1-12-13(2)19-20-16(15(12)10-18)22-5-3-4-14(11-22)17(23)21-6-8-24-9-7-21/h14H,3-9,11H2,1-2H3. The van der Waals surface area contributed by atoms with Crippen LogP contribution >= 0.6 is 0 Å². The molecule has 1 atom stereocenters. The fraction of sp³-hybridized carbons (Fsp3) is 0.647. The highest BCUT2D eigenvalue weighted by Crippen LogP contribution is 2.27. The summed E-state index contributed by atoms with van der Waals surface area (Å²) in [6, 6.07) is 2.25. The van der Waals surface area contributed by atoms with E-state index in [2.05, 4.69) is 16.3 Å². The number of rotatable bonds is 2. The number of piperidine rings is 1. The minimum absolute atomic E-state index is 0.0493. The van der Waals surface area contributed by atoms with Crippen LogP contribution in [0.4, 0.5) is 5.82 Å². The summed E-state index contributed by atoms with van der Waals surface area (Å²) >= 11 is 0. The van der Waals surface area contributed by atoms with Gasteiger partial charge in [0.2, 0.25) is 5.91 Å². The van der Waals surface area contributed by atoms with Crippen LogP contribution in [-0.4, -0.2) is 60.4 Å². The Morgan fingerprint density at radius 1 is 1.25 bits per heavy atom. The molecule has 2 fully saturated rings. The highest BCUT2D eigenvalue weighted by Gasteiger charge is 2.31. The molecule has 2 aliphatic rings. The number of nitrogens with zero attached hydrogens (tertiary/aromatic N) is 5. The molecule has 7 nitrogen and oxygen atoms in total. The smallest absolute Gasteiger partial charge is 0.227 e. The fourth-order valence-corrected chi connectivity index (χ4v) is 3.36. The van der Waals surface area contributed by atoms with Gasteiger partial charge >= 0.3 is 0 Å². The van der Waals surface area contributed by atoms with Gasteiger partial charge in [0.1, 0.15) is 11.6 Å². The third kappa shape index (κ3) is 3.20. The monoisotopic (exact) mass is 329 g/mol. The molecular formula is C17H23N5O2. The Morgan fingerprint density at radius 3 is 2.71 bits per heavy atom. The molecule has 1 aromatic rings. The lowest BCUT2D eigenvalue weighted by atomic mass is 9.95. The number of amides is 1. The molecule has 3 heterocycles. The van der Waals surface area contributed by atoms with Gasteiger partial charge in [-0.3, -0.25) is 4.79 Å². The Kier molecular flexibility index (Phi) is 4.95. The van der Waals surface area contributed by atoms with Gasteiger partial charge in [0.05, 0.1) is 24.8 Å². The molecule has 0 aromatic carbocycles. The van der Waals surface area contributed by atoms with E-state index in [0.717, 1.165) is 30.6 Å². The summed E-state index contributed by atoms with van der Waals surface area (Å²) < 4.78 is 5.32. The molecule has 7 heteroatoms. The van der Waals surface area contributed by atoms with E-state index in [4.69, 9.17) is 4.74 Å². The molecule has 1 aromatic heterocycles. The Morgan fingerprint density at radius 2 is 2.00 bits per heavy atom. The van der Waals surface area contributed by atoms with Crippen LogP contribution in [0, 0.1) is 31.1 Å². The lowest BCUT2D eigenvalue weighted by Gasteiger charge is -2.36. The number of hydrogen-bond acceptors (Lipinski definition) is 6. The Labute approximate surface area is 142 Å². The minimum atomic E-state index is -0.0493. The quantitative estimate of drug-likeness (QED) is 0.806. The van der Waals surface area contributed by atoms with E-state index in [1.54, 1.807) is 0 Å². The molecule has 2 aliphatic heterocycles. The van der Waals surface area contributed by atoms with Gasteiger partial charge in [-0.1, -0.05) is 0 Å². The molecule has 0 N–H and O–H groups in total. The lowest BCUT2D eigenvalue weighted by Crippen LogP contribution is -2.48. The second-order valence-electron chi connectivity index (χ2n) is 6.44. The highest BCUT2D eigenvalue weighted by atomic mass is 16.5. The molecule has 24 heavy (non-hydrogen) atoms. The van der Waals surface area contributed by atoms with Crippen molar-refractivity contribution in [2.75, 3.05) is 44.3 Å². The van der Waals surface area contributed by atoms with Crippen LogP contribution in [-0.2, 0) is 9.53 Å². The minimum Gasteiger partial charge on any atom is -0.378 e. The van der Waals surface area contributed by atoms with Gasteiger partial charge in [0.25, 0.3) is 0 Å². The molecular weight excluding hydrogens is 306 g/mol. The zero-order chi connectivity index (χ0) is 17.1. The first-order valence-electron chi connectivity index (χ1n) is 8.47. The SMILES string of the molecule is Cc1nnc(N2CCCC(C(=O)N3CCOCC3)C2)c(C#N)c1C. The maximum Gasteiger partial charge on any atom is 0.227 e. The normalized spacial score (nSPS) is 21.5. The number of ether oxygens (including phenoxy) is 1. The van der Waals surface area contributed by atoms with E-state index in [0.29, 0.717) is 44.2 Å². The molecule has 0 spiro atoms. The zero-order valence-electron chi connectivity index (χ0n) is 14.3. The van der Waals surface area contributed by atoms with Crippen LogP contribution in [0.1, 0.15) is 29.7 Å². The average Bonchev–Trinajstić information content (AvgIpc) is 2.64. The second kappa shape index (κ2) is 7.14. The predicted molar refractivity (Wildman–Crippen MR) is 88.6 cm³/mol. The topological polar surface area (TPSA) is 82.3 Å². The molecule has 1 amide bonds. The van der Waals surface area contributed by atoms with Crippen LogP contribution < -0.4 is 4.90 Å². The summed E-state index contributed by atoms with van der Waals surface area (Å²) in [5.74, 6) is 0.755. The molecule has 0 bridgehead atoms. The maximum absolute atomic E-state index is 12.7. The summed E-state index contributed by atoms with van der Waals surface area (Å²) in [6.07, 6.45) is 1.80. The first-order chi connectivity index (χ1) is 11.6. The summed E-state index contributed by atoms with van der Waals surface area (Å²) in [6.45, 7) is 7.72. The largest absolute Gasteiger partial charge is 0.378 e. The van der Waals surface area contributed by atoms with Crippen molar-refractivity contribution < 1.29 is 9.53 Å². The summed E-state index contributed by atoms with van der Waals surface area (Å²) in [5.41, 5.74) is 2.21. The third-order valence-electron chi connectivity index (χ3n) is 4.94. The van der Waals surface area contributed by atoms with Crippen molar-refractivity contribution in [1.82, 2.24) is 15.1 Å². The van der Waals surface area contributed by atoms with Crippen LogP contribution in [0.2, 0.25) is 0 Å². The van der Waals surface area contributed by atoms with Crippen LogP contribution in [0.5, 0.6) is 0 Å². The van der Waals surface area contributed by atoms with Crippen molar-refractivity contribution in [2.45, 2.75) is 26.7 Å². The first-order valence-corrected chi connectivity index (χ1v) is 8.47. The number of morpholine rings is 1. The van der Waals surface area contributed by atoms with Crippen LogP contribution in [0.3, 0.4) is 0 Å². The van der Waals surface area contributed by atoms with Crippen LogP contribution in [0.25, 0.3) is 0 Å². The van der Waals surface area contributed by atoms with Crippen LogP contribution in [0.15, 0.2) is 0 Å². The van der Waals surface area contributed by atoms with Gasteiger partial charge in [0.15, 0.2) is 5.82 Å². The number of carbonyl (C=O) groups is 1. The Hall–Kier alpha value is -2.20. The number of aryl methyl sites for hydroxylation is 1. The molecule has 1 unspecified atom stereocenters. The first kappa shape index (κ1) is 16.7. The third-order valence-corrected chi connectivity index (χ3v) is 4.94. The van der Waals surface area contributed by atoms with Crippen molar-refractivity contribution in [3.8, 4) is 6.07 Å². The Balaban J connectivity index is 1.78. The fourth-order valence-electron chi connectivity index (χ4n) is 3.36. The average molecular weight is 329 g/mol. The van der Waals surface area contributed by atoms with Gasteiger partial charge in [-0.05, 0) is 32.3 Å². The number of aromatic nitrogens is 2. The van der Waals surface area contributed by atoms with Gasteiger partial charge in [0, 0.05) is 26.2 Å². The van der Waals surface area contributed by atoms with Crippen molar-refractivity contribution in [2.24, 2.45) is 5.92 Å². The number of carbonyl (C=O) groups excluding carboxylic acids is 1. The maximum atomic E-state index is 12.7. The molecule has 0 aliphatic carbocycles. The van der Waals surface area contributed by atoms with Gasteiger partial charge in [-0.25, -0.2) is 0 Å². The van der Waals surface area contributed by atoms with Gasteiger partial charge in [-0.2, -0.15) is 10.4 Å². The molecule has 0 saturated carbocycles. The molecule has 3 rings (SSSR count). The van der Waals surface area contributed by atoms with Crippen molar-refractivity contribution in [3.63, 3.8) is 0 Å². The highest BCUT2D eigenvalue weighted by molar-refractivity contribution is 5.80.